The molecule has 0 rings (SSSR count). The van der Waals surface area contributed by atoms with E-state index >= 15 is 0 Å². The van der Waals surface area contributed by atoms with Gasteiger partial charge in [-0.15, -0.1) is 0 Å². The van der Waals surface area contributed by atoms with Crippen molar-refractivity contribution in [2.75, 3.05) is 47.5 Å². The van der Waals surface area contributed by atoms with Crippen LogP contribution in [0.3, 0.4) is 0 Å². The van der Waals surface area contributed by atoms with Gasteiger partial charge < -0.3 is 27.9 Å². The van der Waals surface area contributed by atoms with Crippen LogP contribution in [0.2, 0.25) is 0 Å². The highest BCUT2D eigenvalue weighted by molar-refractivity contribution is 7.45. The molecule has 0 bridgehead atoms. The third-order valence-electron chi connectivity index (χ3n) is 15.0. The van der Waals surface area contributed by atoms with Crippen LogP contribution in [0.4, 0.5) is 0 Å². The molecule has 0 saturated heterocycles. The monoisotopic (exact) mass is 1270 g/mol. The number of phosphoric ester groups is 1. The fourth-order valence-corrected chi connectivity index (χ4v) is 10.3. The maximum absolute atomic E-state index is 12.8. The number of quaternary nitrogens is 1. The highest BCUT2D eigenvalue weighted by Crippen LogP contribution is 2.38. The number of hydrogen-bond acceptors (Lipinski definition) is 8. The summed E-state index contributed by atoms with van der Waals surface area (Å²) in [6, 6.07) is 0. The maximum Gasteiger partial charge on any atom is 0.306 e. The van der Waals surface area contributed by atoms with Crippen molar-refractivity contribution in [2.45, 2.75) is 290 Å². The molecule has 0 amide bonds. The lowest BCUT2D eigenvalue weighted by Gasteiger charge is -2.28. The van der Waals surface area contributed by atoms with E-state index in [2.05, 4.69) is 172 Å². The summed E-state index contributed by atoms with van der Waals surface area (Å²) in [5, 5.41) is 0. The summed E-state index contributed by atoms with van der Waals surface area (Å²) in [5.74, 6) is -0.873. The first-order valence-electron chi connectivity index (χ1n) is 36.2. The molecule has 0 radical (unpaired) electrons. The van der Waals surface area contributed by atoms with Gasteiger partial charge in [-0.1, -0.05) is 307 Å². The number of carbonyl (C=O) groups is 2. The van der Waals surface area contributed by atoms with E-state index in [0.29, 0.717) is 17.4 Å². The van der Waals surface area contributed by atoms with E-state index in [4.69, 9.17) is 18.5 Å². The predicted molar refractivity (Wildman–Crippen MR) is 387 cm³/mol. The zero-order valence-electron chi connectivity index (χ0n) is 58.3. The Kier molecular flexibility index (Phi) is 65.6. The van der Waals surface area contributed by atoms with Gasteiger partial charge in [0.1, 0.15) is 19.8 Å². The molecule has 0 aromatic rings. The highest BCUT2D eigenvalue weighted by Gasteiger charge is 2.22. The van der Waals surface area contributed by atoms with Crippen LogP contribution in [0.5, 0.6) is 0 Å². The third-order valence-corrected chi connectivity index (χ3v) is 16.0. The summed E-state index contributed by atoms with van der Waals surface area (Å²) in [5.41, 5.74) is 0. The molecule has 0 aliphatic carbocycles. The van der Waals surface area contributed by atoms with Gasteiger partial charge in [0.25, 0.3) is 7.82 Å². The smallest absolute Gasteiger partial charge is 0.306 e. The topological polar surface area (TPSA) is 111 Å². The van der Waals surface area contributed by atoms with Crippen molar-refractivity contribution in [3.63, 3.8) is 0 Å². The average Bonchev–Trinajstić information content (AvgIpc) is 3.58. The van der Waals surface area contributed by atoms with Gasteiger partial charge in [-0.25, -0.2) is 0 Å². The molecule has 0 aromatic carbocycles. The van der Waals surface area contributed by atoms with Gasteiger partial charge in [-0.3, -0.25) is 14.2 Å². The number of nitrogens with zero attached hydrogens (tertiary/aromatic N) is 1. The van der Waals surface area contributed by atoms with Gasteiger partial charge in [-0.2, -0.15) is 0 Å². The molecule has 512 valence electrons. The molecule has 2 unspecified atom stereocenters. The Morgan fingerprint density at radius 1 is 0.344 bits per heavy atom. The Labute approximate surface area is 554 Å². The second kappa shape index (κ2) is 69.0. The summed E-state index contributed by atoms with van der Waals surface area (Å²) < 4.78 is 34.3. The molecule has 2 atom stereocenters. The van der Waals surface area contributed by atoms with E-state index in [0.717, 1.165) is 122 Å². The standard InChI is InChI=1S/C80H134NO8P/c1-6-8-10-12-14-16-18-20-22-24-26-28-30-32-33-34-35-36-37-38-39-40-41-42-43-44-45-46-47-49-50-52-54-56-58-60-62-64-66-68-70-72-79(82)86-76-78(77-88-90(84,85)87-75-74-81(3,4)5)89-80(83)73-71-69-67-65-63-61-59-57-55-53-51-48-31-29-27-25-23-21-19-17-15-13-11-9-7-2/h8-11,14-17,20-23,26-29,32-33,35-36,48,51,55,57,61,63,78H,6-7,12-13,18-19,24-25,30-31,34,37-47,49-50,52-54,56,58-60,62,64-77H2,1-5H3/b10-8-,11-9-,16-14-,17-15-,22-20-,23-21-,28-26-,29-27-,33-32-,36-35-,51-48-,57-55-,63-61-. The van der Waals surface area contributed by atoms with Crippen LogP contribution in [0.25, 0.3) is 0 Å². The molecular weight excluding hydrogens is 1130 g/mol. The average molecular weight is 1270 g/mol. The van der Waals surface area contributed by atoms with Crippen LogP contribution < -0.4 is 4.89 Å². The third kappa shape index (κ3) is 72.7. The molecule has 0 spiro atoms. The molecule has 0 aromatic heterocycles. The Bertz CT molecular complexity index is 2080. The van der Waals surface area contributed by atoms with Crippen molar-refractivity contribution in [1.29, 1.82) is 0 Å². The fourth-order valence-electron chi connectivity index (χ4n) is 9.58. The van der Waals surface area contributed by atoms with E-state index in [1.54, 1.807) is 0 Å². The van der Waals surface area contributed by atoms with E-state index in [1.807, 2.05) is 21.1 Å². The Hall–Kier alpha value is -4.37. The van der Waals surface area contributed by atoms with E-state index in [9.17, 15) is 19.0 Å². The number of unbranched alkanes of at least 4 members (excludes halogenated alkanes) is 25. The normalized spacial score (nSPS) is 14.1. The predicted octanol–water partition coefficient (Wildman–Crippen LogP) is 23.3. The second-order valence-electron chi connectivity index (χ2n) is 24.8. The number of carbonyl (C=O) groups excluding carboxylic acids is 2. The number of hydrogen-bond donors (Lipinski definition) is 0. The van der Waals surface area contributed by atoms with Crippen LogP contribution in [-0.4, -0.2) is 70.0 Å². The number of esters is 2. The zero-order chi connectivity index (χ0) is 65.5. The molecule has 0 aliphatic heterocycles. The molecule has 90 heavy (non-hydrogen) atoms. The number of likely N-dealkylation sites (N-methyl/N-ethyl adjacent to an activating group) is 1. The Balaban J connectivity index is 4.02. The minimum Gasteiger partial charge on any atom is -0.756 e. The molecule has 0 aliphatic rings. The SMILES string of the molecule is CC/C=C\C/C=C\C/C=C\C/C=C\C/C=C\C/C=C\C/C=C\CCCCCC(=O)OC(COC(=O)CCCCCCCCCCCCCCCCCCCCCCCC/C=C\C/C=C\C/C=C\C/C=C\C/C=C\C/C=C\CC)COP(=O)([O-])OCC[N+](C)(C)C. The molecule has 0 N–H and O–H groups in total. The van der Waals surface area contributed by atoms with Crippen LogP contribution >= 0.6 is 7.82 Å². The van der Waals surface area contributed by atoms with Crippen LogP contribution in [-0.2, 0) is 32.7 Å². The summed E-state index contributed by atoms with van der Waals surface area (Å²) in [6.45, 7) is 3.97. The molecule has 9 nitrogen and oxygen atoms in total. The van der Waals surface area contributed by atoms with Crippen molar-refractivity contribution in [2.24, 2.45) is 0 Å². The minimum atomic E-state index is -4.66. The first-order valence-corrected chi connectivity index (χ1v) is 37.7. The van der Waals surface area contributed by atoms with Gasteiger partial charge in [0.05, 0.1) is 27.7 Å². The van der Waals surface area contributed by atoms with Crippen LogP contribution in [0.15, 0.2) is 158 Å². The van der Waals surface area contributed by atoms with Crippen molar-refractivity contribution in [3.8, 4) is 0 Å². The van der Waals surface area contributed by atoms with Crippen LogP contribution in [0.1, 0.15) is 284 Å². The number of rotatable bonds is 65. The second-order valence-corrected chi connectivity index (χ2v) is 26.2. The minimum absolute atomic E-state index is 0.0440. The largest absolute Gasteiger partial charge is 0.756 e. The van der Waals surface area contributed by atoms with Gasteiger partial charge >= 0.3 is 11.9 Å². The van der Waals surface area contributed by atoms with E-state index < -0.39 is 32.5 Å². The lowest BCUT2D eigenvalue weighted by atomic mass is 10.0. The van der Waals surface area contributed by atoms with Gasteiger partial charge in [0, 0.05) is 12.8 Å². The Morgan fingerprint density at radius 3 is 0.900 bits per heavy atom. The van der Waals surface area contributed by atoms with E-state index in [1.165, 1.54) is 128 Å². The van der Waals surface area contributed by atoms with Crippen molar-refractivity contribution >= 4 is 19.8 Å². The summed E-state index contributed by atoms with van der Waals surface area (Å²) >= 11 is 0. The number of phosphoric acid groups is 1. The fraction of sp³-hybridized carbons (Fsp3) is 0.650. The molecule has 0 fully saturated rings. The molecule has 10 heteroatoms. The zero-order valence-corrected chi connectivity index (χ0v) is 59.2. The van der Waals surface area contributed by atoms with Crippen molar-refractivity contribution < 1.29 is 42.1 Å². The molecule has 0 heterocycles. The van der Waals surface area contributed by atoms with Crippen molar-refractivity contribution in [1.82, 2.24) is 0 Å². The number of ether oxygens (including phenoxy) is 2. The molecule has 0 saturated carbocycles. The lowest BCUT2D eigenvalue weighted by Crippen LogP contribution is -2.37. The van der Waals surface area contributed by atoms with Crippen molar-refractivity contribution in [3.05, 3.63) is 158 Å². The Morgan fingerprint density at radius 2 is 0.600 bits per heavy atom. The van der Waals surface area contributed by atoms with Gasteiger partial charge in [-0.05, 0) is 122 Å². The van der Waals surface area contributed by atoms with Gasteiger partial charge in [0.2, 0.25) is 0 Å². The van der Waals surface area contributed by atoms with Crippen LogP contribution in [0, 0.1) is 0 Å². The first kappa shape index (κ1) is 85.6. The molecular formula is C80H134NO8P. The van der Waals surface area contributed by atoms with E-state index in [-0.39, 0.29) is 26.1 Å². The number of allylic oxidation sites excluding steroid dienone is 26. The lowest BCUT2D eigenvalue weighted by molar-refractivity contribution is -0.870. The highest BCUT2D eigenvalue weighted by atomic mass is 31.2. The quantitative estimate of drug-likeness (QED) is 0.0195. The maximum atomic E-state index is 12.8. The summed E-state index contributed by atoms with van der Waals surface area (Å²) in [4.78, 5) is 38.1. The van der Waals surface area contributed by atoms with Gasteiger partial charge in [0.15, 0.2) is 6.10 Å². The summed E-state index contributed by atoms with van der Waals surface area (Å²) in [6.07, 6.45) is 103. The summed E-state index contributed by atoms with van der Waals surface area (Å²) in [7, 11) is 1.13. The first-order chi connectivity index (χ1) is 44.0.